The number of H-pyrrole nitrogens is 1. The highest BCUT2D eigenvalue weighted by Gasteiger charge is 2.21. The summed E-state index contributed by atoms with van der Waals surface area (Å²) in [6, 6.07) is 10.1. The Bertz CT molecular complexity index is 742. The molecule has 0 bridgehead atoms. The van der Waals surface area contributed by atoms with Gasteiger partial charge in [0.2, 0.25) is 0 Å². The number of aromatic amines is 1. The predicted molar refractivity (Wildman–Crippen MR) is 111 cm³/mol. The zero-order chi connectivity index (χ0) is 19.8. The highest BCUT2D eigenvalue weighted by atomic mass is 16.5. The maximum Gasteiger partial charge on any atom is 0.194 e. The molecule has 1 atom stereocenters. The summed E-state index contributed by atoms with van der Waals surface area (Å²) in [6.07, 6.45) is 3.77. The highest BCUT2D eigenvalue weighted by Crippen LogP contribution is 2.28. The fourth-order valence-electron chi connectivity index (χ4n) is 2.88. The molecule has 7 heteroatoms. The zero-order valence-corrected chi connectivity index (χ0v) is 16.8. The average Bonchev–Trinajstić information content (AvgIpc) is 3.41. The largest absolute Gasteiger partial charge is 0.389 e. The van der Waals surface area contributed by atoms with Crippen LogP contribution in [-0.4, -0.2) is 65.4 Å². The van der Waals surface area contributed by atoms with E-state index in [-0.39, 0.29) is 0 Å². The van der Waals surface area contributed by atoms with Gasteiger partial charge in [-0.2, -0.15) is 0 Å². The molecule has 7 nitrogen and oxygen atoms in total. The maximum absolute atomic E-state index is 10.1. The van der Waals surface area contributed by atoms with Gasteiger partial charge in [-0.1, -0.05) is 30.3 Å². The topological polar surface area (TPSA) is 85.8 Å². The Morgan fingerprint density at radius 2 is 2.18 bits per heavy atom. The number of hydrogen-bond donors (Lipinski definition) is 3. The van der Waals surface area contributed by atoms with Crippen molar-refractivity contribution in [1.82, 2.24) is 20.2 Å². The summed E-state index contributed by atoms with van der Waals surface area (Å²) in [6.45, 7) is 4.77. The Hall–Kier alpha value is -2.38. The maximum atomic E-state index is 10.1. The summed E-state index contributed by atoms with van der Waals surface area (Å²) in [7, 11) is 1.96. The van der Waals surface area contributed by atoms with E-state index in [1.165, 1.54) is 12.8 Å². The molecule has 1 heterocycles. The summed E-state index contributed by atoms with van der Waals surface area (Å²) in [5.41, 5.74) is 2.10. The second-order valence-electron chi connectivity index (χ2n) is 7.29. The predicted octanol–water partition coefficient (Wildman–Crippen LogP) is 2.26. The van der Waals surface area contributed by atoms with Crippen molar-refractivity contribution in [3.05, 3.63) is 42.4 Å². The fourth-order valence-corrected chi connectivity index (χ4v) is 2.88. The van der Waals surface area contributed by atoms with Gasteiger partial charge in [0, 0.05) is 20.2 Å². The summed E-state index contributed by atoms with van der Waals surface area (Å²) in [5, 5.41) is 13.4. The molecular weight excluding hydrogens is 354 g/mol. The molecule has 1 aliphatic rings. The third kappa shape index (κ3) is 6.35. The van der Waals surface area contributed by atoms with Gasteiger partial charge < -0.3 is 25.0 Å². The molecule has 0 spiro atoms. The van der Waals surface area contributed by atoms with Gasteiger partial charge in [0.15, 0.2) is 5.96 Å². The molecule has 0 aliphatic heterocycles. The number of nitrogens with one attached hydrogen (secondary N) is 2. The molecule has 0 radical (unpaired) electrons. The summed E-state index contributed by atoms with van der Waals surface area (Å²) >= 11 is 0. The molecule has 1 aromatic carbocycles. The molecule has 28 heavy (non-hydrogen) atoms. The van der Waals surface area contributed by atoms with E-state index in [0.29, 0.717) is 25.6 Å². The van der Waals surface area contributed by atoms with Crippen LogP contribution >= 0.6 is 0 Å². The number of ether oxygens (including phenoxy) is 1. The van der Waals surface area contributed by atoms with E-state index >= 15 is 0 Å². The van der Waals surface area contributed by atoms with Crippen LogP contribution in [-0.2, 0) is 11.3 Å². The Balaban J connectivity index is 1.53. The summed E-state index contributed by atoms with van der Waals surface area (Å²) < 4.78 is 5.54. The highest BCUT2D eigenvalue weighted by molar-refractivity contribution is 5.79. The van der Waals surface area contributed by atoms with E-state index in [9.17, 15) is 5.11 Å². The minimum Gasteiger partial charge on any atom is -0.389 e. The number of guanidine groups is 1. The van der Waals surface area contributed by atoms with Gasteiger partial charge in [-0.3, -0.25) is 4.99 Å². The van der Waals surface area contributed by atoms with Gasteiger partial charge in [-0.25, -0.2) is 4.98 Å². The average molecular weight is 386 g/mol. The molecule has 1 aromatic heterocycles. The third-order valence-electron chi connectivity index (χ3n) is 4.61. The van der Waals surface area contributed by atoms with Crippen LogP contribution in [0.3, 0.4) is 0 Å². The van der Waals surface area contributed by atoms with Crippen LogP contribution in [0.4, 0.5) is 0 Å². The van der Waals surface area contributed by atoms with Crippen LogP contribution in [0.5, 0.6) is 0 Å². The summed E-state index contributed by atoms with van der Waals surface area (Å²) in [4.78, 5) is 14.4. The monoisotopic (exact) mass is 385 g/mol. The quantitative estimate of drug-likeness (QED) is 0.431. The first-order valence-corrected chi connectivity index (χ1v) is 10.00. The van der Waals surface area contributed by atoms with Gasteiger partial charge in [-0.05, 0) is 31.2 Å². The van der Waals surface area contributed by atoms with Crippen LogP contribution in [0, 0.1) is 5.92 Å². The van der Waals surface area contributed by atoms with E-state index in [2.05, 4.69) is 32.4 Å². The third-order valence-corrected chi connectivity index (χ3v) is 4.61. The Morgan fingerprint density at radius 3 is 2.89 bits per heavy atom. The number of aliphatic hydroxyl groups excluding tert-OH is 1. The van der Waals surface area contributed by atoms with Crippen LogP contribution in [0.2, 0.25) is 0 Å². The molecule has 0 saturated heterocycles. The van der Waals surface area contributed by atoms with Gasteiger partial charge in [0.25, 0.3) is 0 Å². The molecule has 152 valence electrons. The van der Waals surface area contributed by atoms with Crippen LogP contribution in [0.1, 0.15) is 25.6 Å². The van der Waals surface area contributed by atoms with E-state index in [1.807, 2.05) is 43.3 Å². The van der Waals surface area contributed by atoms with Crippen molar-refractivity contribution < 1.29 is 9.84 Å². The lowest BCUT2D eigenvalue weighted by Gasteiger charge is -2.21. The van der Waals surface area contributed by atoms with Gasteiger partial charge in [-0.15, -0.1) is 0 Å². The van der Waals surface area contributed by atoms with Crippen molar-refractivity contribution >= 4 is 5.96 Å². The number of aliphatic imine (C=N–C) groups is 1. The number of aliphatic hydroxyl groups is 1. The van der Waals surface area contributed by atoms with Crippen LogP contribution < -0.4 is 5.32 Å². The van der Waals surface area contributed by atoms with Gasteiger partial charge in [0.1, 0.15) is 5.82 Å². The zero-order valence-electron chi connectivity index (χ0n) is 16.8. The molecular formula is C21H31N5O2. The lowest BCUT2D eigenvalue weighted by Crippen LogP contribution is -2.39. The second-order valence-corrected chi connectivity index (χ2v) is 7.29. The van der Waals surface area contributed by atoms with E-state index in [4.69, 9.17) is 4.74 Å². The molecule has 0 amide bonds. The van der Waals surface area contributed by atoms with E-state index in [0.717, 1.165) is 36.2 Å². The molecule has 1 unspecified atom stereocenters. The lowest BCUT2D eigenvalue weighted by molar-refractivity contribution is 0.0367. The normalized spacial score (nSPS) is 15.5. The van der Waals surface area contributed by atoms with Crippen molar-refractivity contribution in [2.24, 2.45) is 10.9 Å². The van der Waals surface area contributed by atoms with E-state index in [1.54, 1.807) is 0 Å². The smallest absolute Gasteiger partial charge is 0.194 e. The van der Waals surface area contributed by atoms with Crippen molar-refractivity contribution in [2.75, 3.05) is 33.4 Å². The van der Waals surface area contributed by atoms with Crippen LogP contribution in [0.15, 0.2) is 41.5 Å². The first kappa shape index (κ1) is 20.4. The standard InChI is InChI=1S/C21H31N5O2/c1-3-22-21(24-11-18(27)15-28-14-16-9-10-16)26(2)13-20-23-12-19(25-20)17-7-5-4-6-8-17/h4-8,12,16,18,27H,3,9-11,13-15H2,1-2H3,(H,22,24)(H,23,25). The Labute approximate surface area is 166 Å². The molecule has 1 saturated carbocycles. The number of benzene rings is 1. The minimum absolute atomic E-state index is 0.310. The van der Waals surface area contributed by atoms with Gasteiger partial charge >= 0.3 is 0 Å². The second kappa shape index (κ2) is 10.2. The summed E-state index contributed by atoms with van der Waals surface area (Å²) in [5.74, 6) is 2.30. The number of hydrogen-bond acceptors (Lipinski definition) is 4. The Kier molecular flexibility index (Phi) is 7.45. The van der Waals surface area contributed by atoms with Gasteiger partial charge in [0.05, 0.1) is 37.7 Å². The van der Waals surface area contributed by atoms with Crippen molar-refractivity contribution in [2.45, 2.75) is 32.4 Å². The van der Waals surface area contributed by atoms with Crippen LogP contribution in [0.25, 0.3) is 11.3 Å². The van der Waals surface area contributed by atoms with Crippen molar-refractivity contribution in [1.29, 1.82) is 0 Å². The molecule has 1 fully saturated rings. The number of imidazole rings is 1. The molecule has 3 N–H and O–H groups in total. The first-order chi connectivity index (χ1) is 13.7. The van der Waals surface area contributed by atoms with Crippen molar-refractivity contribution in [3.8, 4) is 11.3 Å². The van der Waals surface area contributed by atoms with E-state index < -0.39 is 6.10 Å². The molecule has 1 aliphatic carbocycles. The SMILES string of the molecule is CCNC(=NCC(O)COCC1CC1)N(C)Cc1ncc(-c2ccccc2)[nH]1. The fraction of sp³-hybridized carbons (Fsp3) is 0.524. The Morgan fingerprint density at radius 1 is 1.39 bits per heavy atom. The number of aromatic nitrogens is 2. The lowest BCUT2D eigenvalue weighted by atomic mass is 10.2. The minimum atomic E-state index is -0.589. The molecule has 2 aromatic rings. The number of nitrogens with zero attached hydrogens (tertiary/aromatic N) is 3. The van der Waals surface area contributed by atoms with Crippen molar-refractivity contribution in [3.63, 3.8) is 0 Å². The first-order valence-electron chi connectivity index (χ1n) is 10.00. The number of rotatable bonds is 10. The molecule has 3 rings (SSSR count).